The molecule has 1 rings (SSSR count). The Labute approximate surface area is 138 Å². The van der Waals surface area contributed by atoms with Crippen LogP contribution in [0, 0.1) is 0 Å². The first-order valence-electron chi connectivity index (χ1n) is 7.08. The van der Waals surface area contributed by atoms with Crippen LogP contribution in [-0.2, 0) is 33.3 Å². The third-order valence-electron chi connectivity index (χ3n) is 2.65. The van der Waals surface area contributed by atoms with Gasteiger partial charge in [-0.05, 0) is 34.6 Å². The van der Waals surface area contributed by atoms with E-state index in [0.29, 0.717) is 0 Å². The number of rotatable bonds is 4. The molecule has 0 aromatic rings. The summed E-state index contributed by atoms with van der Waals surface area (Å²) >= 11 is 0. The zero-order valence-electron chi connectivity index (χ0n) is 14.0. The van der Waals surface area contributed by atoms with Crippen LogP contribution in [0.4, 0.5) is 13.2 Å². The van der Waals surface area contributed by atoms with Crippen molar-refractivity contribution in [1.82, 2.24) is 0 Å². The Balaban J connectivity index is 2.79. The molecule has 1 aliphatic rings. The average Bonchev–Trinajstić information content (AvgIpc) is 2.19. The third kappa shape index (κ3) is 6.54. The second kappa shape index (κ2) is 6.77. The Morgan fingerprint density at radius 1 is 1.21 bits per heavy atom. The fourth-order valence-electron chi connectivity index (χ4n) is 2.01. The second-order valence-corrected chi connectivity index (χ2v) is 8.27. The molecule has 24 heavy (non-hydrogen) atoms. The third-order valence-corrected chi connectivity index (χ3v) is 3.69. The highest BCUT2D eigenvalue weighted by molar-refractivity contribution is 7.87. The van der Waals surface area contributed by atoms with Gasteiger partial charge in [0.1, 0.15) is 5.60 Å². The van der Waals surface area contributed by atoms with Crippen molar-refractivity contribution in [3.05, 3.63) is 0 Å². The normalized spacial score (nSPS) is 25.3. The SMILES string of the molecule is CC(C)(C)OC(=O)C[C@H]1C[C@@H](OS(=O)(=O)C(F)(F)F)OC(C)(C)O1. The molecule has 1 saturated heterocycles. The molecule has 0 saturated carbocycles. The van der Waals surface area contributed by atoms with Crippen LogP contribution in [0.1, 0.15) is 47.5 Å². The van der Waals surface area contributed by atoms with E-state index in [1.54, 1.807) is 20.8 Å². The molecular weight excluding hydrogens is 357 g/mol. The Morgan fingerprint density at radius 2 is 1.75 bits per heavy atom. The van der Waals surface area contributed by atoms with E-state index < -0.39 is 45.4 Å². The van der Waals surface area contributed by atoms with Crippen molar-refractivity contribution < 1.29 is 44.8 Å². The van der Waals surface area contributed by atoms with Crippen LogP contribution in [0.2, 0.25) is 0 Å². The molecule has 0 aromatic carbocycles. The molecule has 0 amide bonds. The van der Waals surface area contributed by atoms with Gasteiger partial charge in [0, 0.05) is 6.42 Å². The van der Waals surface area contributed by atoms with Crippen LogP contribution in [0.3, 0.4) is 0 Å². The monoisotopic (exact) mass is 378 g/mol. The molecular formula is C13H21F3O7S. The highest BCUT2D eigenvalue weighted by Gasteiger charge is 2.50. The fraction of sp³-hybridized carbons (Fsp3) is 0.923. The molecule has 1 fully saturated rings. The summed E-state index contributed by atoms with van der Waals surface area (Å²) in [5.41, 5.74) is -6.31. The summed E-state index contributed by atoms with van der Waals surface area (Å²) in [6.45, 7) is 7.69. The van der Waals surface area contributed by atoms with Gasteiger partial charge < -0.3 is 14.2 Å². The van der Waals surface area contributed by atoms with E-state index in [1.165, 1.54) is 13.8 Å². The lowest BCUT2D eigenvalue weighted by Gasteiger charge is -2.39. The van der Waals surface area contributed by atoms with Crippen LogP contribution in [0.15, 0.2) is 0 Å². The van der Waals surface area contributed by atoms with Crippen molar-refractivity contribution in [3.8, 4) is 0 Å². The minimum Gasteiger partial charge on any atom is -0.460 e. The largest absolute Gasteiger partial charge is 0.523 e. The Morgan fingerprint density at radius 3 is 2.21 bits per heavy atom. The number of esters is 1. The maximum absolute atomic E-state index is 12.4. The number of halogens is 3. The Hall–Kier alpha value is -0.910. The summed E-state index contributed by atoms with van der Waals surface area (Å²) < 4.78 is 79.0. The van der Waals surface area contributed by atoms with E-state index in [1.807, 2.05) is 0 Å². The van der Waals surface area contributed by atoms with Crippen molar-refractivity contribution in [2.45, 2.75) is 76.8 Å². The molecule has 0 spiro atoms. The topological polar surface area (TPSA) is 88.1 Å². The summed E-state index contributed by atoms with van der Waals surface area (Å²) in [7, 11) is -5.82. The van der Waals surface area contributed by atoms with E-state index >= 15 is 0 Å². The number of carbonyl (C=O) groups excluding carboxylic acids is 1. The van der Waals surface area contributed by atoms with Gasteiger partial charge in [-0.2, -0.15) is 21.6 Å². The van der Waals surface area contributed by atoms with Gasteiger partial charge in [-0.1, -0.05) is 0 Å². The number of alkyl halides is 3. The van der Waals surface area contributed by atoms with Crippen molar-refractivity contribution in [2.75, 3.05) is 0 Å². The molecule has 7 nitrogen and oxygen atoms in total. The molecule has 0 aliphatic carbocycles. The van der Waals surface area contributed by atoms with E-state index in [-0.39, 0.29) is 12.8 Å². The van der Waals surface area contributed by atoms with Crippen molar-refractivity contribution >= 4 is 16.1 Å². The second-order valence-electron chi connectivity index (χ2n) is 6.71. The van der Waals surface area contributed by atoms with Gasteiger partial charge in [0.15, 0.2) is 12.1 Å². The van der Waals surface area contributed by atoms with Crippen LogP contribution >= 0.6 is 0 Å². The minimum atomic E-state index is -5.82. The summed E-state index contributed by atoms with van der Waals surface area (Å²) in [5.74, 6) is -2.07. The van der Waals surface area contributed by atoms with Crippen LogP contribution in [0.5, 0.6) is 0 Å². The lowest BCUT2D eigenvalue weighted by molar-refractivity contribution is -0.335. The van der Waals surface area contributed by atoms with Gasteiger partial charge in [0.25, 0.3) is 0 Å². The number of carbonyl (C=O) groups is 1. The quantitative estimate of drug-likeness (QED) is 0.422. The van der Waals surface area contributed by atoms with Gasteiger partial charge in [-0.3, -0.25) is 4.79 Å². The van der Waals surface area contributed by atoms with Crippen molar-refractivity contribution in [2.24, 2.45) is 0 Å². The summed E-state index contributed by atoms with van der Waals surface area (Å²) in [4.78, 5) is 11.8. The van der Waals surface area contributed by atoms with Gasteiger partial charge in [-0.25, -0.2) is 4.18 Å². The molecule has 0 radical (unpaired) electrons. The first-order chi connectivity index (χ1) is 10.5. The van der Waals surface area contributed by atoms with E-state index in [4.69, 9.17) is 14.2 Å². The maximum Gasteiger partial charge on any atom is 0.523 e. The standard InChI is InChI=1S/C13H21F3O7S/c1-11(2,3)21-9(17)6-8-7-10(22-12(4,5)20-8)23-24(18,19)13(14,15)16/h8,10H,6-7H2,1-5H3/t8-,10+/m0/s1. The highest BCUT2D eigenvalue weighted by Crippen LogP contribution is 2.33. The van der Waals surface area contributed by atoms with Gasteiger partial charge in [-0.15, -0.1) is 0 Å². The molecule has 0 bridgehead atoms. The fourth-order valence-corrected chi connectivity index (χ4v) is 2.51. The molecule has 0 aromatic heterocycles. The number of hydrogen-bond acceptors (Lipinski definition) is 7. The lowest BCUT2D eigenvalue weighted by atomic mass is 10.1. The van der Waals surface area contributed by atoms with E-state index in [2.05, 4.69) is 4.18 Å². The van der Waals surface area contributed by atoms with Crippen LogP contribution in [-0.4, -0.2) is 43.7 Å². The van der Waals surface area contributed by atoms with Crippen molar-refractivity contribution in [3.63, 3.8) is 0 Å². The number of ether oxygens (including phenoxy) is 3. The summed E-state index contributed by atoms with van der Waals surface area (Å²) in [6.07, 6.45) is -3.31. The summed E-state index contributed by atoms with van der Waals surface area (Å²) in [6, 6.07) is 0. The average molecular weight is 378 g/mol. The molecule has 2 atom stereocenters. The van der Waals surface area contributed by atoms with Crippen LogP contribution < -0.4 is 0 Å². The number of hydrogen-bond donors (Lipinski definition) is 0. The predicted octanol–water partition coefficient (Wildman–Crippen LogP) is 2.45. The van der Waals surface area contributed by atoms with E-state index in [0.717, 1.165) is 0 Å². The zero-order chi connectivity index (χ0) is 19.0. The Kier molecular flexibility index (Phi) is 5.96. The van der Waals surface area contributed by atoms with Gasteiger partial charge >= 0.3 is 21.6 Å². The molecule has 1 aliphatic heterocycles. The van der Waals surface area contributed by atoms with Crippen LogP contribution in [0.25, 0.3) is 0 Å². The Bertz CT molecular complexity index is 563. The van der Waals surface area contributed by atoms with Gasteiger partial charge in [0.2, 0.25) is 0 Å². The smallest absolute Gasteiger partial charge is 0.460 e. The van der Waals surface area contributed by atoms with E-state index in [9.17, 15) is 26.4 Å². The first-order valence-corrected chi connectivity index (χ1v) is 8.49. The van der Waals surface area contributed by atoms with Gasteiger partial charge in [0.05, 0.1) is 12.5 Å². The zero-order valence-corrected chi connectivity index (χ0v) is 14.8. The molecule has 0 N–H and O–H groups in total. The molecule has 142 valence electrons. The lowest BCUT2D eigenvalue weighted by Crippen LogP contribution is -2.48. The molecule has 11 heteroatoms. The minimum absolute atomic E-state index is 0.282. The maximum atomic E-state index is 12.4. The molecule has 0 unspecified atom stereocenters. The first kappa shape index (κ1) is 21.1. The highest BCUT2D eigenvalue weighted by atomic mass is 32.2. The molecule has 1 heterocycles. The summed E-state index contributed by atoms with van der Waals surface area (Å²) in [5, 5.41) is 0. The van der Waals surface area contributed by atoms with Crippen molar-refractivity contribution in [1.29, 1.82) is 0 Å². The predicted molar refractivity (Wildman–Crippen MR) is 75.0 cm³/mol.